The zero-order valence-electron chi connectivity index (χ0n) is 12.8. The third-order valence-corrected chi connectivity index (χ3v) is 2.60. The van der Waals surface area contributed by atoms with Gasteiger partial charge in [-0.25, -0.2) is 0 Å². The van der Waals surface area contributed by atoms with Gasteiger partial charge in [-0.2, -0.15) is 0 Å². The van der Waals surface area contributed by atoms with E-state index >= 15 is 0 Å². The standard InChI is InChI=1S/C13H28N4O.HI/c1-11(2)7-6-9-15-13(14-3)16-10-8-12(18)17(4)5;/h11H,6-10H2,1-5H3,(H2,14,15,16);1H. The SMILES string of the molecule is CN=C(NCCCC(C)C)NCCC(=O)N(C)C.I. The van der Waals surface area contributed by atoms with Gasteiger partial charge in [-0.05, 0) is 18.8 Å². The van der Waals surface area contributed by atoms with Crippen molar-refractivity contribution in [1.29, 1.82) is 0 Å². The number of hydrogen-bond acceptors (Lipinski definition) is 2. The molecule has 0 spiro atoms. The number of rotatable bonds is 7. The molecule has 0 aromatic rings. The third kappa shape index (κ3) is 12.3. The average Bonchev–Trinajstić information content (AvgIpc) is 2.31. The fourth-order valence-electron chi connectivity index (χ4n) is 1.45. The Hall–Kier alpha value is -0.530. The van der Waals surface area contributed by atoms with Crippen molar-refractivity contribution in [3.63, 3.8) is 0 Å². The Morgan fingerprint density at radius 1 is 1.21 bits per heavy atom. The molecule has 0 rings (SSSR count). The van der Waals surface area contributed by atoms with E-state index in [1.165, 1.54) is 6.42 Å². The summed E-state index contributed by atoms with van der Waals surface area (Å²) in [5.41, 5.74) is 0. The molecule has 0 heterocycles. The number of amides is 1. The molecule has 0 aliphatic rings. The van der Waals surface area contributed by atoms with Gasteiger partial charge in [0.05, 0.1) is 0 Å². The van der Waals surface area contributed by atoms with Crippen molar-refractivity contribution >= 4 is 35.8 Å². The van der Waals surface area contributed by atoms with E-state index in [1.807, 2.05) is 0 Å². The first-order valence-corrected chi connectivity index (χ1v) is 6.62. The van der Waals surface area contributed by atoms with Crippen LogP contribution in [0.5, 0.6) is 0 Å². The minimum Gasteiger partial charge on any atom is -0.356 e. The Balaban J connectivity index is 0. The van der Waals surface area contributed by atoms with E-state index in [0.717, 1.165) is 24.8 Å². The zero-order chi connectivity index (χ0) is 14.0. The molecule has 0 aromatic heterocycles. The Bertz CT molecular complexity index is 267. The van der Waals surface area contributed by atoms with Crippen LogP contribution < -0.4 is 10.6 Å². The number of halogens is 1. The second kappa shape index (κ2) is 12.5. The number of aliphatic imine (C=N–C) groups is 1. The van der Waals surface area contributed by atoms with Crippen molar-refractivity contribution in [2.75, 3.05) is 34.2 Å². The van der Waals surface area contributed by atoms with Crippen molar-refractivity contribution < 1.29 is 4.79 Å². The average molecular weight is 384 g/mol. The first-order valence-electron chi connectivity index (χ1n) is 6.62. The van der Waals surface area contributed by atoms with Crippen LogP contribution in [0.3, 0.4) is 0 Å². The number of hydrogen-bond donors (Lipinski definition) is 2. The van der Waals surface area contributed by atoms with Gasteiger partial charge in [0.15, 0.2) is 5.96 Å². The van der Waals surface area contributed by atoms with Crippen molar-refractivity contribution in [1.82, 2.24) is 15.5 Å². The molecule has 0 aromatic carbocycles. The van der Waals surface area contributed by atoms with Gasteiger partial charge in [0.1, 0.15) is 0 Å². The van der Waals surface area contributed by atoms with E-state index in [0.29, 0.717) is 13.0 Å². The molecule has 0 aliphatic heterocycles. The number of nitrogens with zero attached hydrogens (tertiary/aromatic N) is 2. The molecule has 19 heavy (non-hydrogen) atoms. The molecule has 114 valence electrons. The minimum absolute atomic E-state index is 0. The van der Waals surface area contributed by atoms with Crippen molar-refractivity contribution in [3.05, 3.63) is 0 Å². The summed E-state index contributed by atoms with van der Waals surface area (Å²) in [6.07, 6.45) is 2.83. The van der Waals surface area contributed by atoms with Crippen LogP contribution in [0, 0.1) is 5.92 Å². The summed E-state index contributed by atoms with van der Waals surface area (Å²) in [7, 11) is 5.27. The molecule has 0 saturated carbocycles. The Kier molecular flexibility index (Phi) is 13.7. The first kappa shape index (κ1) is 20.8. The summed E-state index contributed by atoms with van der Waals surface area (Å²) in [6.45, 7) is 5.97. The van der Waals surface area contributed by atoms with Gasteiger partial charge in [-0.3, -0.25) is 9.79 Å². The molecule has 6 heteroatoms. The van der Waals surface area contributed by atoms with Gasteiger partial charge in [-0.15, -0.1) is 24.0 Å². The summed E-state index contributed by atoms with van der Waals surface area (Å²) in [5, 5.41) is 6.38. The topological polar surface area (TPSA) is 56.7 Å². The van der Waals surface area contributed by atoms with Crippen LogP contribution in [0.4, 0.5) is 0 Å². The lowest BCUT2D eigenvalue weighted by Gasteiger charge is -2.14. The van der Waals surface area contributed by atoms with Crippen LogP contribution in [0.1, 0.15) is 33.1 Å². The summed E-state index contributed by atoms with van der Waals surface area (Å²) in [5.74, 6) is 1.63. The maximum Gasteiger partial charge on any atom is 0.223 e. The first-order chi connectivity index (χ1) is 8.47. The molecule has 0 radical (unpaired) electrons. The van der Waals surface area contributed by atoms with E-state index in [9.17, 15) is 4.79 Å². The van der Waals surface area contributed by atoms with E-state index < -0.39 is 0 Å². The van der Waals surface area contributed by atoms with Crippen LogP contribution in [0.2, 0.25) is 0 Å². The second-order valence-corrected chi connectivity index (χ2v) is 5.00. The highest BCUT2D eigenvalue weighted by atomic mass is 127. The quantitative estimate of drug-likeness (QED) is 0.304. The molecule has 0 aliphatic carbocycles. The predicted molar refractivity (Wildman–Crippen MR) is 92.2 cm³/mol. The van der Waals surface area contributed by atoms with Crippen LogP contribution in [0.15, 0.2) is 4.99 Å². The van der Waals surface area contributed by atoms with Gasteiger partial charge in [0, 0.05) is 40.7 Å². The molecule has 1 amide bonds. The molecule has 2 N–H and O–H groups in total. The van der Waals surface area contributed by atoms with Gasteiger partial charge >= 0.3 is 0 Å². The van der Waals surface area contributed by atoms with Crippen molar-refractivity contribution in [3.8, 4) is 0 Å². The minimum atomic E-state index is 0. The Labute approximate surface area is 134 Å². The van der Waals surface area contributed by atoms with E-state index in [4.69, 9.17) is 0 Å². The number of carbonyl (C=O) groups is 1. The molecular formula is C13H29IN4O. The van der Waals surface area contributed by atoms with Gasteiger partial charge in [-0.1, -0.05) is 13.8 Å². The lowest BCUT2D eigenvalue weighted by atomic mass is 10.1. The van der Waals surface area contributed by atoms with Gasteiger partial charge in [0.25, 0.3) is 0 Å². The summed E-state index contributed by atoms with van der Waals surface area (Å²) >= 11 is 0. The number of carbonyl (C=O) groups excluding carboxylic acids is 1. The largest absolute Gasteiger partial charge is 0.356 e. The zero-order valence-corrected chi connectivity index (χ0v) is 15.2. The monoisotopic (exact) mass is 384 g/mol. The van der Waals surface area contributed by atoms with Crippen LogP contribution in [-0.2, 0) is 4.79 Å². The summed E-state index contributed by atoms with van der Waals surface area (Å²) in [6, 6.07) is 0. The van der Waals surface area contributed by atoms with Gasteiger partial charge in [0.2, 0.25) is 5.91 Å². The lowest BCUT2D eigenvalue weighted by molar-refractivity contribution is -0.128. The second-order valence-electron chi connectivity index (χ2n) is 5.00. The van der Waals surface area contributed by atoms with Gasteiger partial charge < -0.3 is 15.5 Å². The highest BCUT2D eigenvalue weighted by molar-refractivity contribution is 14.0. The highest BCUT2D eigenvalue weighted by Gasteiger charge is 2.04. The number of nitrogens with one attached hydrogen (secondary N) is 2. The molecule has 0 saturated heterocycles. The molecule has 0 bridgehead atoms. The van der Waals surface area contributed by atoms with Crippen molar-refractivity contribution in [2.45, 2.75) is 33.1 Å². The maximum atomic E-state index is 11.4. The molecule has 0 fully saturated rings. The number of guanidine groups is 1. The summed E-state index contributed by atoms with van der Waals surface area (Å²) in [4.78, 5) is 17.1. The third-order valence-electron chi connectivity index (χ3n) is 2.60. The summed E-state index contributed by atoms with van der Waals surface area (Å²) < 4.78 is 0. The highest BCUT2D eigenvalue weighted by Crippen LogP contribution is 2.01. The van der Waals surface area contributed by atoms with E-state index in [1.54, 1.807) is 26.0 Å². The Morgan fingerprint density at radius 2 is 1.79 bits per heavy atom. The fraction of sp³-hybridized carbons (Fsp3) is 0.846. The predicted octanol–water partition coefficient (Wildman–Crippen LogP) is 1.68. The van der Waals surface area contributed by atoms with Crippen molar-refractivity contribution in [2.24, 2.45) is 10.9 Å². The maximum absolute atomic E-state index is 11.4. The Morgan fingerprint density at radius 3 is 2.26 bits per heavy atom. The lowest BCUT2D eigenvalue weighted by Crippen LogP contribution is -2.39. The van der Waals surface area contributed by atoms with Crippen LogP contribution in [0.25, 0.3) is 0 Å². The smallest absolute Gasteiger partial charge is 0.223 e. The molecule has 0 unspecified atom stereocenters. The normalized spacial score (nSPS) is 10.9. The fourth-order valence-corrected chi connectivity index (χ4v) is 1.45. The van der Waals surface area contributed by atoms with Crippen LogP contribution >= 0.6 is 24.0 Å². The van der Waals surface area contributed by atoms with E-state index in [-0.39, 0.29) is 29.9 Å². The molecule has 5 nitrogen and oxygen atoms in total. The van der Waals surface area contributed by atoms with Crippen LogP contribution in [-0.4, -0.2) is 51.0 Å². The van der Waals surface area contributed by atoms with E-state index in [2.05, 4.69) is 29.5 Å². The molecular weight excluding hydrogens is 355 g/mol. The molecule has 0 atom stereocenters.